The fourth-order valence-electron chi connectivity index (χ4n) is 3.51. The minimum absolute atomic E-state index is 0. The summed E-state index contributed by atoms with van der Waals surface area (Å²) in [6.45, 7) is 5.38. The summed E-state index contributed by atoms with van der Waals surface area (Å²) in [6, 6.07) is 3.47. The first-order valence-corrected chi connectivity index (χ1v) is 8.75. The number of carbonyl (C=O) groups is 2. The number of rotatable bonds is 5. The van der Waals surface area contributed by atoms with Crippen molar-refractivity contribution in [3.8, 4) is 0 Å². The third-order valence-electron chi connectivity index (χ3n) is 4.99. The van der Waals surface area contributed by atoms with Crippen LogP contribution in [0.1, 0.15) is 29.6 Å². The molecule has 8 heteroatoms. The summed E-state index contributed by atoms with van der Waals surface area (Å²) in [5.74, 6) is -2.42. The Labute approximate surface area is 158 Å². The number of hydrogen-bond acceptors (Lipinski definition) is 4. The van der Waals surface area contributed by atoms with Gasteiger partial charge in [-0.1, -0.05) is 0 Å². The highest BCUT2D eigenvalue weighted by Gasteiger charge is 2.30. The zero-order valence-corrected chi connectivity index (χ0v) is 15.4. The van der Waals surface area contributed by atoms with Gasteiger partial charge < -0.3 is 10.2 Å². The summed E-state index contributed by atoms with van der Waals surface area (Å²) in [5.41, 5.74) is 0.104. The number of carbonyl (C=O) groups excluding carboxylic acids is 2. The molecule has 2 aliphatic heterocycles. The SMILES string of the molecule is Cl.O=C(CCC(=O)N1CCC(N2CCNCC2)C1)c1ccc(F)c(F)c1. The zero-order valence-electron chi connectivity index (χ0n) is 14.5. The molecule has 26 heavy (non-hydrogen) atoms. The van der Waals surface area contributed by atoms with E-state index in [2.05, 4.69) is 10.2 Å². The normalized spacial score (nSPS) is 20.7. The lowest BCUT2D eigenvalue weighted by molar-refractivity contribution is -0.130. The largest absolute Gasteiger partial charge is 0.341 e. The molecule has 1 aromatic carbocycles. The predicted octanol–water partition coefficient (Wildman–Crippen LogP) is 1.86. The van der Waals surface area contributed by atoms with Crippen LogP contribution in [0.25, 0.3) is 0 Å². The van der Waals surface area contributed by atoms with Gasteiger partial charge in [-0.2, -0.15) is 0 Å². The van der Waals surface area contributed by atoms with Gasteiger partial charge in [0, 0.05) is 63.7 Å². The highest BCUT2D eigenvalue weighted by Crippen LogP contribution is 2.18. The van der Waals surface area contributed by atoms with Crippen LogP contribution in [0.2, 0.25) is 0 Å². The molecule has 2 saturated heterocycles. The van der Waals surface area contributed by atoms with Crippen LogP contribution in [0.4, 0.5) is 8.78 Å². The molecule has 0 spiro atoms. The van der Waals surface area contributed by atoms with Crippen LogP contribution in [0.5, 0.6) is 0 Å². The van der Waals surface area contributed by atoms with Crippen LogP contribution < -0.4 is 5.32 Å². The van der Waals surface area contributed by atoms with E-state index in [9.17, 15) is 18.4 Å². The van der Waals surface area contributed by atoms with Gasteiger partial charge in [0.2, 0.25) is 5.91 Å². The van der Waals surface area contributed by atoms with Crippen molar-refractivity contribution in [2.45, 2.75) is 25.3 Å². The van der Waals surface area contributed by atoms with Gasteiger partial charge in [-0.3, -0.25) is 14.5 Å². The van der Waals surface area contributed by atoms with Crippen LogP contribution in [-0.4, -0.2) is 66.8 Å². The highest BCUT2D eigenvalue weighted by molar-refractivity contribution is 5.98. The van der Waals surface area contributed by atoms with E-state index in [1.54, 1.807) is 0 Å². The van der Waals surface area contributed by atoms with E-state index in [1.807, 2.05) is 4.90 Å². The second-order valence-corrected chi connectivity index (χ2v) is 6.62. The standard InChI is InChI=1S/C18H23F2N3O2.ClH/c19-15-2-1-13(11-16(15)20)17(24)3-4-18(25)23-8-5-14(12-23)22-9-6-21-7-10-22;/h1-2,11,14,21H,3-10,12H2;1H. The summed E-state index contributed by atoms with van der Waals surface area (Å²) in [7, 11) is 0. The van der Waals surface area contributed by atoms with Gasteiger partial charge in [0.1, 0.15) is 0 Å². The molecule has 2 fully saturated rings. The van der Waals surface area contributed by atoms with Crippen molar-refractivity contribution < 1.29 is 18.4 Å². The monoisotopic (exact) mass is 387 g/mol. The number of piperazine rings is 1. The van der Waals surface area contributed by atoms with Crippen LogP contribution in [0.15, 0.2) is 18.2 Å². The molecule has 2 heterocycles. The molecule has 1 atom stereocenters. The van der Waals surface area contributed by atoms with Gasteiger partial charge in [0.15, 0.2) is 17.4 Å². The van der Waals surface area contributed by atoms with Gasteiger partial charge in [-0.15, -0.1) is 12.4 Å². The van der Waals surface area contributed by atoms with E-state index in [4.69, 9.17) is 0 Å². The maximum absolute atomic E-state index is 13.2. The second kappa shape index (κ2) is 9.39. The Kier molecular flexibility index (Phi) is 7.49. The molecular formula is C18H24ClF2N3O2. The van der Waals surface area contributed by atoms with Crippen molar-refractivity contribution in [2.24, 2.45) is 0 Å². The van der Waals surface area contributed by atoms with Crippen LogP contribution >= 0.6 is 12.4 Å². The molecule has 3 rings (SSSR count). The fraction of sp³-hybridized carbons (Fsp3) is 0.556. The van der Waals surface area contributed by atoms with E-state index < -0.39 is 11.6 Å². The molecule has 1 unspecified atom stereocenters. The van der Waals surface area contributed by atoms with Crippen LogP contribution in [0, 0.1) is 11.6 Å². The van der Waals surface area contributed by atoms with Crippen molar-refractivity contribution in [3.63, 3.8) is 0 Å². The lowest BCUT2D eigenvalue weighted by Gasteiger charge is -2.32. The Morgan fingerprint density at radius 3 is 2.50 bits per heavy atom. The van der Waals surface area contributed by atoms with Crippen molar-refractivity contribution in [2.75, 3.05) is 39.3 Å². The number of likely N-dealkylation sites (tertiary alicyclic amines) is 1. The lowest BCUT2D eigenvalue weighted by atomic mass is 10.1. The Balaban J connectivity index is 0.00000243. The number of amides is 1. The first kappa shape index (κ1) is 20.7. The van der Waals surface area contributed by atoms with Crippen molar-refractivity contribution in [1.29, 1.82) is 0 Å². The Morgan fingerprint density at radius 2 is 1.81 bits per heavy atom. The summed E-state index contributed by atoms with van der Waals surface area (Å²) in [4.78, 5) is 28.6. The minimum atomic E-state index is -1.05. The molecule has 1 aromatic rings. The van der Waals surface area contributed by atoms with E-state index in [0.29, 0.717) is 19.1 Å². The molecule has 0 saturated carbocycles. The number of nitrogens with one attached hydrogen (secondary N) is 1. The minimum Gasteiger partial charge on any atom is -0.341 e. The first-order chi connectivity index (χ1) is 12.0. The average molecular weight is 388 g/mol. The predicted molar refractivity (Wildman–Crippen MR) is 96.6 cm³/mol. The first-order valence-electron chi connectivity index (χ1n) is 8.75. The quantitative estimate of drug-likeness (QED) is 0.783. The summed E-state index contributed by atoms with van der Waals surface area (Å²) in [5, 5.41) is 3.32. The number of halogens is 3. The smallest absolute Gasteiger partial charge is 0.223 e. The van der Waals surface area contributed by atoms with E-state index >= 15 is 0 Å². The summed E-state index contributed by atoms with van der Waals surface area (Å²) in [6.07, 6.45) is 1.08. The highest BCUT2D eigenvalue weighted by atomic mass is 35.5. The number of nitrogens with zero attached hydrogens (tertiary/aromatic N) is 2. The molecule has 1 amide bonds. The lowest BCUT2D eigenvalue weighted by Crippen LogP contribution is -2.49. The van der Waals surface area contributed by atoms with Gasteiger partial charge in [-0.25, -0.2) is 8.78 Å². The second-order valence-electron chi connectivity index (χ2n) is 6.62. The Bertz CT molecular complexity index is 653. The molecule has 1 N–H and O–H groups in total. The fourth-order valence-corrected chi connectivity index (χ4v) is 3.51. The molecule has 144 valence electrons. The van der Waals surface area contributed by atoms with Crippen molar-refractivity contribution in [1.82, 2.24) is 15.1 Å². The maximum Gasteiger partial charge on any atom is 0.223 e. The van der Waals surface area contributed by atoms with Gasteiger partial charge >= 0.3 is 0 Å². The van der Waals surface area contributed by atoms with Gasteiger partial charge in [-0.05, 0) is 24.6 Å². The topological polar surface area (TPSA) is 52.7 Å². The van der Waals surface area contributed by atoms with Crippen molar-refractivity contribution >= 4 is 24.1 Å². The molecule has 0 radical (unpaired) electrons. The summed E-state index contributed by atoms with van der Waals surface area (Å²) < 4.78 is 26.1. The maximum atomic E-state index is 13.2. The molecule has 0 aromatic heterocycles. The average Bonchev–Trinajstić information content (AvgIpc) is 3.12. The van der Waals surface area contributed by atoms with E-state index in [1.165, 1.54) is 6.07 Å². The number of Topliss-reactive ketones (excluding diaryl/α,β-unsaturated/α-hetero) is 1. The molecule has 5 nitrogen and oxygen atoms in total. The number of hydrogen-bond donors (Lipinski definition) is 1. The molecule has 0 bridgehead atoms. The molecule has 0 aliphatic carbocycles. The van der Waals surface area contributed by atoms with Crippen LogP contribution in [-0.2, 0) is 4.79 Å². The zero-order chi connectivity index (χ0) is 17.8. The van der Waals surface area contributed by atoms with E-state index in [0.717, 1.165) is 44.7 Å². The number of benzene rings is 1. The Hall–Kier alpha value is -1.57. The van der Waals surface area contributed by atoms with Gasteiger partial charge in [0.25, 0.3) is 0 Å². The van der Waals surface area contributed by atoms with Gasteiger partial charge in [0.05, 0.1) is 0 Å². The Morgan fingerprint density at radius 1 is 1.08 bits per heavy atom. The third-order valence-corrected chi connectivity index (χ3v) is 4.99. The van der Waals surface area contributed by atoms with Crippen molar-refractivity contribution in [3.05, 3.63) is 35.4 Å². The van der Waals surface area contributed by atoms with E-state index in [-0.39, 0.29) is 42.5 Å². The molecular weight excluding hydrogens is 364 g/mol. The van der Waals surface area contributed by atoms with Crippen LogP contribution in [0.3, 0.4) is 0 Å². The molecule has 2 aliphatic rings. The summed E-state index contributed by atoms with van der Waals surface area (Å²) >= 11 is 0. The third kappa shape index (κ3) is 4.99. The number of ketones is 1.